The van der Waals surface area contributed by atoms with Gasteiger partial charge in [0.25, 0.3) is 11.5 Å². The highest BCUT2D eigenvalue weighted by Gasteiger charge is 2.32. The number of unbranched alkanes of at least 4 members (excludes halogenated alkanes) is 1. The predicted octanol–water partition coefficient (Wildman–Crippen LogP) is 3.15. The lowest BCUT2D eigenvalue weighted by Crippen LogP contribution is -2.47. The lowest BCUT2D eigenvalue weighted by Gasteiger charge is -2.35. The van der Waals surface area contributed by atoms with Crippen molar-refractivity contribution in [2.75, 3.05) is 44.2 Å². The van der Waals surface area contributed by atoms with Crippen molar-refractivity contribution in [2.45, 2.75) is 33.6 Å². The van der Waals surface area contributed by atoms with E-state index in [1.165, 1.54) is 11.8 Å². The van der Waals surface area contributed by atoms with E-state index in [9.17, 15) is 9.59 Å². The van der Waals surface area contributed by atoms with Crippen LogP contribution in [-0.4, -0.2) is 68.7 Å². The molecule has 0 spiro atoms. The van der Waals surface area contributed by atoms with Gasteiger partial charge in [-0.05, 0) is 37.6 Å². The van der Waals surface area contributed by atoms with Crippen molar-refractivity contribution in [3.63, 3.8) is 0 Å². The minimum Gasteiger partial charge on any atom is -0.353 e. The first-order chi connectivity index (χ1) is 15.4. The first-order valence-corrected chi connectivity index (χ1v) is 12.4. The van der Waals surface area contributed by atoms with Crippen molar-refractivity contribution < 1.29 is 4.79 Å². The molecule has 4 rings (SSSR count). The first-order valence-electron chi connectivity index (χ1n) is 11.2. The molecule has 0 unspecified atom stereocenters. The Balaban J connectivity index is 1.80. The van der Waals surface area contributed by atoms with Gasteiger partial charge in [-0.2, -0.15) is 0 Å². The van der Waals surface area contributed by atoms with Gasteiger partial charge in [0.1, 0.15) is 15.8 Å². The van der Waals surface area contributed by atoms with Gasteiger partial charge >= 0.3 is 0 Å². The van der Waals surface area contributed by atoms with Crippen LogP contribution >= 0.6 is 24.0 Å². The molecule has 4 heterocycles. The summed E-state index contributed by atoms with van der Waals surface area (Å²) in [6.07, 6.45) is 5.32. The van der Waals surface area contributed by atoms with Crippen LogP contribution in [0.15, 0.2) is 28.0 Å². The second-order valence-corrected chi connectivity index (χ2v) is 9.82. The number of carbonyl (C=O) groups excluding carboxylic acids is 1. The van der Waals surface area contributed by atoms with Crippen molar-refractivity contribution in [1.29, 1.82) is 0 Å². The van der Waals surface area contributed by atoms with Crippen molar-refractivity contribution in [2.24, 2.45) is 0 Å². The number of anilines is 1. The molecule has 0 saturated carbocycles. The number of thiocarbonyl (C=S) groups is 1. The smallest absolute Gasteiger partial charge is 0.267 e. The molecule has 0 radical (unpaired) electrons. The zero-order chi connectivity index (χ0) is 22.8. The highest BCUT2D eigenvalue weighted by atomic mass is 32.2. The SMILES string of the molecule is CCCCN1C(=O)/C(=C/c2c(N3CCN(CC)CC3)nc3c(C)cccn3c2=O)SC1=S. The molecule has 0 aromatic carbocycles. The number of amides is 1. The largest absolute Gasteiger partial charge is 0.353 e. The summed E-state index contributed by atoms with van der Waals surface area (Å²) in [6.45, 7) is 11.2. The number of nitrogens with zero attached hydrogens (tertiary/aromatic N) is 5. The number of rotatable bonds is 6. The molecule has 7 nitrogen and oxygen atoms in total. The van der Waals surface area contributed by atoms with Crippen LogP contribution in [0.25, 0.3) is 11.7 Å². The Hall–Kier alpha value is -2.23. The maximum atomic E-state index is 13.6. The van der Waals surface area contributed by atoms with Gasteiger partial charge in [0.2, 0.25) is 0 Å². The lowest BCUT2D eigenvalue weighted by atomic mass is 10.2. The molecule has 2 aliphatic rings. The Morgan fingerprint density at radius 2 is 1.94 bits per heavy atom. The van der Waals surface area contributed by atoms with Crippen molar-refractivity contribution in [1.82, 2.24) is 19.2 Å². The zero-order valence-corrected chi connectivity index (χ0v) is 20.5. The third-order valence-corrected chi connectivity index (χ3v) is 7.45. The van der Waals surface area contributed by atoms with E-state index in [-0.39, 0.29) is 11.5 Å². The molecule has 2 fully saturated rings. The Morgan fingerprint density at radius 1 is 1.19 bits per heavy atom. The van der Waals surface area contributed by atoms with Crippen LogP contribution in [0.4, 0.5) is 5.82 Å². The van der Waals surface area contributed by atoms with Crippen molar-refractivity contribution in [3.05, 3.63) is 44.7 Å². The number of pyridine rings is 1. The average molecular weight is 472 g/mol. The third kappa shape index (κ3) is 4.33. The van der Waals surface area contributed by atoms with Gasteiger partial charge in [0, 0.05) is 38.9 Å². The number of carbonyl (C=O) groups is 1. The van der Waals surface area contributed by atoms with Gasteiger partial charge < -0.3 is 9.80 Å². The fourth-order valence-electron chi connectivity index (χ4n) is 4.08. The van der Waals surface area contributed by atoms with Crippen LogP contribution in [0, 0.1) is 6.92 Å². The van der Waals surface area contributed by atoms with Crippen LogP contribution in [0.3, 0.4) is 0 Å². The van der Waals surface area contributed by atoms with Crippen LogP contribution in [0.1, 0.15) is 37.8 Å². The van der Waals surface area contributed by atoms with Gasteiger partial charge in [-0.15, -0.1) is 0 Å². The van der Waals surface area contributed by atoms with E-state index in [1.807, 2.05) is 19.1 Å². The highest BCUT2D eigenvalue weighted by molar-refractivity contribution is 8.26. The zero-order valence-electron chi connectivity index (χ0n) is 18.8. The van der Waals surface area contributed by atoms with E-state index in [1.54, 1.807) is 21.6 Å². The normalized spacial score (nSPS) is 19.0. The van der Waals surface area contributed by atoms with E-state index in [4.69, 9.17) is 17.2 Å². The Kier molecular flexibility index (Phi) is 6.97. The van der Waals surface area contributed by atoms with E-state index in [2.05, 4.69) is 23.6 Å². The number of piperazine rings is 1. The molecular weight excluding hydrogens is 442 g/mol. The van der Waals surface area contributed by atoms with Crippen molar-refractivity contribution >= 4 is 51.7 Å². The summed E-state index contributed by atoms with van der Waals surface area (Å²) >= 11 is 6.72. The van der Waals surface area contributed by atoms with E-state index < -0.39 is 0 Å². The van der Waals surface area contributed by atoms with Gasteiger partial charge in [-0.25, -0.2) is 4.98 Å². The Bertz CT molecular complexity index is 1140. The first kappa shape index (κ1) is 22.9. The summed E-state index contributed by atoms with van der Waals surface area (Å²) in [5, 5.41) is 0. The molecule has 2 saturated heterocycles. The lowest BCUT2D eigenvalue weighted by molar-refractivity contribution is -0.122. The molecule has 32 heavy (non-hydrogen) atoms. The Labute approximate surface area is 198 Å². The minimum atomic E-state index is -0.162. The van der Waals surface area contributed by atoms with Crippen LogP contribution in [-0.2, 0) is 4.79 Å². The monoisotopic (exact) mass is 471 g/mol. The van der Waals surface area contributed by atoms with Gasteiger partial charge in [-0.3, -0.25) is 18.9 Å². The molecule has 1 amide bonds. The summed E-state index contributed by atoms with van der Waals surface area (Å²) in [6, 6.07) is 3.80. The highest BCUT2D eigenvalue weighted by Crippen LogP contribution is 2.34. The minimum absolute atomic E-state index is 0.121. The predicted molar refractivity (Wildman–Crippen MR) is 135 cm³/mol. The number of aryl methyl sites for hydroxylation is 1. The van der Waals surface area contributed by atoms with Crippen LogP contribution < -0.4 is 10.5 Å². The summed E-state index contributed by atoms with van der Waals surface area (Å²) in [5.74, 6) is 0.530. The molecule has 9 heteroatoms. The number of thioether (sulfide) groups is 1. The van der Waals surface area contributed by atoms with Gasteiger partial charge in [0.15, 0.2) is 0 Å². The molecule has 0 atom stereocenters. The Morgan fingerprint density at radius 3 is 2.62 bits per heavy atom. The molecule has 2 aliphatic heterocycles. The molecule has 2 aromatic rings. The molecule has 2 aromatic heterocycles. The van der Waals surface area contributed by atoms with Crippen LogP contribution in [0.5, 0.6) is 0 Å². The standard InChI is InChI=1S/C23H29N5O2S2/c1-4-6-9-28-22(30)18(32-23(28)31)15-17-20(26-13-11-25(5-2)12-14-26)24-19-16(3)8-7-10-27(19)21(17)29/h7-8,10,15H,4-6,9,11-14H2,1-3H3/b18-15-. The molecule has 0 N–H and O–H groups in total. The van der Waals surface area contributed by atoms with E-state index in [0.717, 1.165) is 51.1 Å². The summed E-state index contributed by atoms with van der Waals surface area (Å²) < 4.78 is 2.13. The average Bonchev–Trinajstić information content (AvgIpc) is 3.07. The van der Waals surface area contributed by atoms with Crippen LogP contribution in [0.2, 0.25) is 0 Å². The maximum Gasteiger partial charge on any atom is 0.267 e. The quantitative estimate of drug-likeness (QED) is 0.474. The number of hydrogen-bond acceptors (Lipinski definition) is 7. The van der Waals surface area contributed by atoms with Crippen molar-refractivity contribution in [3.8, 4) is 0 Å². The molecule has 170 valence electrons. The third-order valence-electron chi connectivity index (χ3n) is 6.07. The van der Waals surface area contributed by atoms with E-state index >= 15 is 0 Å². The fourth-order valence-corrected chi connectivity index (χ4v) is 5.37. The number of likely N-dealkylation sites (N-methyl/N-ethyl adjacent to an activating group) is 1. The fraction of sp³-hybridized carbons (Fsp3) is 0.478. The second-order valence-electron chi connectivity index (χ2n) is 8.15. The van der Waals surface area contributed by atoms with Gasteiger partial charge in [0.05, 0.1) is 10.5 Å². The molecular formula is C23H29N5O2S2. The number of hydrogen-bond donors (Lipinski definition) is 0. The summed E-state index contributed by atoms with van der Waals surface area (Å²) in [7, 11) is 0. The summed E-state index contributed by atoms with van der Waals surface area (Å²) in [5.41, 5.74) is 1.88. The van der Waals surface area contributed by atoms with Gasteiger partial charge in [-0.1, -0.05) is 50.3 Å². The molecule has 0 aliphatic carbocycles. The second kappa shape index (κ2) is 9.72. The molecule has 0 bridgehead atoms. The summed E-state index contributed by atoms with van der Waals surface area (Å²) in [4.78, 5) is 38.2. The topological polar surface area (TPSA) is 61.2 Å². The number of aromatic nitrogens is 2. The maximum absolute atomic E-state index is 13.6. The van der Waals surface area contributed by atoms with E-state index in [0.29, 0.717) is 32.8 Å². The number of fused-ring (bicyclic) bond motifs is 1.